The van der Waals surface area contributed by atoms with Gasteiger partial charge in [-0.3, -0.25) is 14.4 Å². The molecule has 0 aliphatic rings. The first-order chi connectivity index (χ1) is 10.5. The molecule has 2 aromatic carbocycles. The average molecular weight is 295 g/mol. The standard InChI is InChI=1S/C18H17NO3/c1-12-8-9-15(10-13(12)2)19-18(22)17(21)11-16(20)14-6-4-3-5-7-14/h3-10H,11H2,1-2H3,(H,19,22). The molecule has 112 valence electrons. The normalized spacial score (nSPS) is 10.1. The number of amides is 1. The fourth-order valence-electron chi connectivity index (χ4n) is 1.97. The molecule has 1 amide bonds. The molecule has 0 saturated carbocycles. The van der Waals surface area contributed by atoms with Gasteiger partial charge in [0, 0.05) is 11.3 Å². The van der Waals surface area contributed by atoms with Crippen LogP contribution in [0.4, 0.5) is 5.69 Å². The lowest BCUT2D eigenvalue weighted by atomic mass is 10.1. The summed E-state index contributed by atoms with van der Waals surface area (Å²) in [7, 11) is 0. The van der Waals surface area contributed by atoms with Gasteiger partial charge in [-0.2, -0.15) is 0 Å². The van der Waals surface area contributed by atoms with Crippen molar-refractivity contribution >= 4 is 23.2 Å². The van der Waals surface area contributed by atoms with Gasteiger partial charge in [0.05, 0.1) is 6.42 Å². The van der Waals surface area contributed by atoms with E-state index >= 15 is 0 Å². The molecule has 4 nitrogen and oxygen atoms in total. The van der Waals surface area contributed by atoms with Gasteiger partial charge in [0.15, 0.2) is 5.78 Å². The van der Waals surface area contributed by atoms with Crippen molar-refractivity contribution in [1.29, 1.82) is 0 Å². The number of benzene rings is 2. The summed E-state index contributed by atoms with van der Waals surface area (Å²) in [5.41, 5.74) is 3.10. The number of hydrogen-bond donors (Lipinski definition) is 1. The Labute approximate surface area is 129 Å². The van der Waals surface area contributed by atoms with Crippen molar-refractivity contribution in [3.63, 3.8) is 0 Å². The van der Waals surface area contributed by atoms with Gasteiger partial charge in [-0.15, -0.1) is 0 Å². The van der Waals surface area contributed by atoms with Crippen LogP contribution >= 0.6 is 0 Å². The SMILES string of the molecule is Cc1ccc(NC(=O)C(=O)CC(=O)c2ccccc2)cc1C. The van der Waals surface area contributed by atoms with Crippen molar-refractivity contribution in [2.45, 2.75) is 20.3 Å². The Balaban J connectivity index is 1.99. The van der Waals surface area contributed by atoms with Gasteiger partial charge in [0.2, 0.25) is 5.78 Å². The van der Waals surface area contributed by atoms with Crippen molar-refractivity contribution in [2.75, 3.05) is 5.32 Å². The minimum atomic E-state index is -0.771. The summed E-state index contributed by atoms with van der Waals surface area (Å²) in [4.78, 5) is 35.6. The van der Waals surface area contributed by atoms with E-state index in [1.165, 1.54) is 0 Å². The minimum absolute atomic E-state index is 0.360. The lowest BCUT2D eigenvalue weighted by molar-refractivity contribution is -0.134. The second-order valence-electron chi connectivity index (χ2n) is 5.14. The van der Waals surface area contributed by atoms with E-state index < -0.39 is 18.1 Å². The smallest absolute Gasteiger partial charge is 0.292 e. The van der Waals surface area contributed by atoms with Crippen molar-refractivity contribution in [2.24, 2.45) is 0 Å². The zero-order valence-corrected chi connectivity index (χ0v) is 12.6. The molecule has 0 aliphatic heterocycles. The zero-order chi connectivity index (χ0) is 16.1. The summed E-state index contributed by atoms with van der Waals surface area (Å²) in [6.07, 6.45) is -0.430. The minimum Gasteiger partial charge on any atom is -0.319 e. The molecular formula is C18H17NO3. The Morgan fingerprint density at radius 3 is 2.23 bits per heavy atom. The van der Waals surface area contributed by atoms with Crippen molar-refractivity contribution in [1.82, 2.24) is 0 Å². The molecule has 1 N–H and O–H groups in total. The number of hydrogen-bond acceptors (Lipinski definition) is 3. The molecule has 0 fully saturated rings. The maximum absolute atomic E-state index is 11.9. The second-order valence-corrected chi connectivity index (χ2v) is 5.14. The Morgan fingerprint density at radius 2 is 1.59 bits per heavy atom. The van der Waals surface area contributed by atoms with Crippen LogP contribution in [0.15, 0.2) is 48.5 Å². The molecule has 0 atom stereocenters. The van der Waals surface area contributed by atoms with E-state index in [1.54, 1.807) is 42.5 Å². The maximum Gasteiger partial charge on any atom is 0.292 e. The molecule has 2 rings (SSSR count). The third-order valence-corrected chi connectivity index (χ3v) is 3.43. The van der Waals surface area contributed by atoms with Crippen LogP contribution in [0.2, 0.25) is 0 Å². The van der Waals surface area contributed by atoms with E-state index in [9.17, 15) is 14.4 Å². The number of Topliss-reactive ketones (excluding diaryl/α,β-unsaturated/α-hetero) is 2. The molecule has 2 aromatic rings. The third-order valence-electron chi connectivity index (χ3n) is 3.43. The van der Waals surface area contributed by atoms with Gasteiger partial charge in [-0.25, -0.2) is 0 Å². The van der Waals surface area contributed by atoms with Gasteiger partial charge in [0.25, 0.3) is 5.91 Å². The van der Waals surface area contributed by atoms with Crippen molar-refractivity contribution < 1.29 is 14.4 Å². The highest BCUT2D eigenvalue weighted by Gasteiger charge is 2.19. The fraction of sp³-hybridized carbons (Fsp3) is 0.167. The molecule has 0 heterocycles. The molecule has 4 heteroatoms. The van der Waals surface area contributed by atoms with E-state index in [1.807, 2.05) is 19.9 Å². The predicted molar refractivity (Wildman–Crippen MR) is 84.9 cm³/mol. The van der Waals surface area contributed by atoms with Crippen LogP contribution in [0, 0.1) is 13.8 Å². The van der Waals surface area contributed by atoms with Crippen LogP contribution in [-0.4, -0.2) is 17.5 Å². The number of nitrogens with one attached hydrogen (secondary N) is 1. The quantitative estimate of drug-likeness (QED) is 0.524. The highest BCUT2D eigenvalue weighted by atomic mass is 16.2. The van der Waals surface area contributed by atoms with Gasteiger partial charge < -0.3 is 5.32 Å². The van der Waals surface area contributed by atoms with Gasteiger partial charge in [0.1, 0.15) is 0 Å². The first-order valence-electron chi connectivity index (χ1n) is 6.97. The summed E-state index contributed by atoms with van der Waals surface area (Å²) >= 11 is 0. The molecule has 0 unspecified atom stereocenters. The van der Waals surface area contributed by atoms with Gasteiger partial charge >= 0.3 is 0 Å². The fourth-order valence-corrected chi connectivity index (χ4v) is 1.97. The van der Waals surface area contributed by atoms with Crippen LogP contribution in [0.5, 0.6) is 0 Å². The van der Waals surface area contributed by atoms with Gasteiger partial charge in [-0.1, -0.05) is 36.4 Å². The van der Waals surface area contributed by atoms with Crippen LogP contribution in [-0.2, 0) is 9.59 Å². The number of anilines is 1. The molecule has 0 aromatic heterocycles. The monoisotopic (exact) mass is 295 g/mol. The number of carbonyl (C=O) groups excluding carboxylic acids is 3. The number of aryl methyl sites for hydroxylation is 2. The summed E-state index contributed by atoms with van der Waals surface area (Å²) < 4.78 is 0. The van der Waals surface area contributed by atoms with E-state index in [2.05, 4.69) is 5.32 Å². The molecule has 22 heavy (non-hydrogen) atoms. The van der Waals surface area contributed by atoms with Crippen LogP contribution in [0.25, 0.3) is 0 Å². The number of ketones is 2. The van der Waals surface area contributed by atoms with Crippen molar-refractivity contribution in [3.8, 4) is 0 Å². The molecule has 0 saturated heterocycles. The Hall–Kier alpha value is -2.75. The molecular weight excluding hydrogens is 278 g/mol. The molecule has 0 aliphatic carbocycles. The lowest BCUT2D eigenvalue weighted by Gasteiger charge is -2.07. The van der Waals surface area contributed by atoms with E-state index in [0.29, 0.717) is 11.3 Å². The molecule has 0 radical (unpaired) electrons. The first-order valence-corrected chi connectivity index (χ1v) is 6.97. The Morgan fingerprint density at radius 1 is 0.909 bits per heavy atom. The summed E-state index contributed by atoms with van der Waals surface area (Å²) in [5.74, 6) is -1.87. The van der Waals surface area contributed by atoms with Crippen LogP contribution < -0.4 is 5.32 Å². The average Bonchev–Trinajstić information content (AvgIpc) is 2.51. The van der Waals surface area contributed by atoms with E-state index in [4.69, 9.17) is 0 Å². The number of rotatable bonds is 5. The topological polar surface area (TPSA) is 63.2 Å². The predicted octanol–water partition coefficient (Wildman–Crippen LogP) is 3.08. The summed E-state index contributed by atoms with van der Waals surface area (Å²) in [5, 5.41) is 2.53. The molecule has 0 spiro atoms. The van der Waals surface area contributed by atoms with E-state index in [-0.39, 0.29) is 5.78 Å². The maximum atomic E-state index is 11.9. The lowest BCUT2D eigenvalue weighted by Crippen LogP contribution is -2.25. The summed E-state index contributed by atoms with van der Waals surface area (Å²) in [6, 6.07) is 13.8. The molecule has 0 bridgehead atoms. The Kier molecular flexibility index (Phi) is 4.84. The van der Waals surface area contributed by atoms with Crippen LogP contribution in [0.1, 0.15) is 27.9 Å². The van der Waals surface area contributed by atoms with Crippen LogP contribution in [0.3, 0.4) is 0 Å². The summed E-state index contributed by atoms with van der Waals surface area (Å²) in [6.45, 7) is 3.89. The highest BCUT2D eigenvalue weighted by molar-refractivity contribution is 6.44. The van der Waals surface area contributed by atoms with Crippen molar-refractivity contribution in [3.05, 3.63) is 65.2 Å². The second kappa shape index (κ2) is 6.80. The largest absolute Gasteiger partial charge is 0.319 e. The first kappa shape index (κ1) is 15.6. The third kappa shape index (κ3) is 3.88. The highest BCUT2D eigenvalue weighted by Crippen LogP contribution is 2.14. The van der Waals surface area contributed by atoms with Gasteiger partial charge in [-0.05, 0) is 37.1 Å². The number of carbonyl (C=O) groups is 3. The van der Waals surface area contributed by atoms with E-state index in [0.717, 1.165) is 11.1 Å². The zero-order valence-electron chi connectivity index (χ0n) is 12.6. The Bertz CT molecular complexity index is 720.